The highest BCUT2D eigenvalue weighted by Gasteiger charge is 2.15. The van der Waals surface area contributed by atoms with E-state index in [2.05, 4.69) is 15.6 Å². The summed E-state index contributed by atoms with van der Waals surface area (Å²) in [5, 5.41) is 5.71. The number of ether oxygens (including phenoxy) is 1. The molecule has 0 saturated carbocycles. The van der Waals surface area contributed by atoms with E-state index in [1.165, 1.54) is 12.3 Å². The average molecular weight is 389 g/mol. The molecule has 0 aliphatic heterocycles. The van der Waals surface area contributed by atoms with Gasteiger partial charge in [0.1, 0.15) is 11.4 Å². The van der Waals surface area contributed by atoms with Crippen LogP contribution in [0.2, 0.25) is 0 Å². The van der Waals surface area contributed by atoms with Crippen LogP contribution in [0.4, 0.5) is 11.4 Å². The quantitative estimate of drug-likeness (QED) is 0.672. The average Bonchev–Trinajstić information content (AvgIpc) is 2.71. The minimum atomic E-state index is -0.370. The van der Waals surface area contributed by atoms with E-state index in [4.69, 9.17) is 4.74 Å². The molecule has 0 aliphatic rings. The maximum atomic E-state index is 12.7. The summed E-state index contributed by atoms with van der Waals surface area (Å²) in [5.74, 6) is -0.159. The van der Waals surface area contributed by atoms with Crippen LogP contribution in [0.15, 0.2) is 54.7 Å². The Morgan fingerprint density at radius 1 is 0.897 bits per heavy atom. The number of benzene rings is 2. The number of rotatable bonds is 5. The van der Waals surface area contributed by atoms with E-state index in [0.29, 0.717) is 17.0 Å². The number of hydrogen-bond acceptors (Lipinski definition) is 4. The smallest absolute Gasteiger partial charge is 0.274 e. The molecule has 0 saturated heterocycles. The lowest BCUT2D eigenvalue weighted by Crippen LogP contribution is -2.18. The predicted molar refractivity (Wildman–Crippen MR) is 114 cm³/mol. The second kappa shape index (κ2) is 8.56. The zero-order chi connectivity index (χ0) is 21.0. The van der Waals surface area contributed by atoms with Gasteiger partial charge in [-0.2, -0.15) is 0 Å². The summed E-state index contributed by atoms with van der Waals surface area (Å²) in [6.45, 7) is 5.78. The molecule has 148 valence electrons. The molecular formula is C23H23N3O3. The summed E-state index contributed by atoms with van der Waals surface area (Å²) in [4.78, 5) is 29.5. The maximum Gasteiger partial charge on any atom is 0.274 e. The lowest BCUT2D eigenvalue weighted by Gasteiger charge is -2.12. The van der Waals surface area contributed by atoms with Crippen molar-refractivity contribution in [2.45, 2.75) is 20.8 Å². The first-order chi connectivity index (χ1) is 13.9. The number of amides is 2. The van der Waals surface area contributed by atoms with Gasteiger partial charge in [0.2, 0.25) is 0 Å². The van der Waals surface area contributed by atoms with Crippen molar-refractivity contribution in [3.8, 4) is 5.75 Å². The predicted octanol–water partition coefficient (Wildman–Crippen LogP) is 4.52. The van der Waals surface area contributed by atoms with Crippen LogP contribution in [-0.2, 0) is 0 Å². The van der Waals surface area contributed by atoms with Crippen molar-refractivity contribution in [1.82, 2.24) is 4.98 Å². The SMILES string of the molecule is COc1ccc(C)cc1NC(=O)c1ccnc(C(=O)Nc2c(C)cccc2C)c1. The van der Waals surface area contributed by atoms with E-state index < -0.39 is 0 Å². The van der Waals surface area contributed by atoms with Gasteiger partial charge in [0, 0.05) is 17.4 Å². The fourth-order valence-electron chi connectivity index (χ4n) is 3.00. The molecule has 3 rings (SSSR count). The van der Waals surface area contributed by atoms with E-state index in [1.54, 1.807) is 19.2 Å². The molecule has 2 N–H and O–H groups in total. The molecular weight excluding hydrogens is 366 g/mol. The van der Waals surface area contributed by atoms with Crippen molar-refractivity contribution >= 4 is 23.2 Å². The Bertz CT molecular complexity index is 1060. The first-order valence-electron chi connectivity index (χ1n) is 9.18. The summed E-state index contributed by atoms with van der Waals surface area (Å²) in [7, 11) is 1.54. The largest absolute Gasteiger partial charge is 0.495 e. The molecule has 2 aromatic carbocycles. The number of aryl methyl sites for hydroxylation is 3. The second-order valence-corrected chi connectivity index (χ2v) is 6.81. The standard InChI is InChI=1S/C23H23N3O3/c1-14-8-9-20(29-4)18(12-14)25-22(27)17-10-11-24-19(13-17)23(28)26-21-15(2)6-5-7-16(21)3/h5-13H,1-4H3,(H,25,27)(H,26,28). The molecule has 0 unspecified atom stereocenters. The van der Waals surface area contributed by atoms with Gasteiger partial charge in [-0.1, -0.05) is 24.3 Å². The molecule has 0 aliphatic carbocycles. The summed E-state index contributed by atoms with van der Waals surface area (Å²) in [5.41, 5.74) is 4.71. The van der Waals surface area contributed by atoms with Gasteiger partial charge >= 0.3 is 0 Å². The number of aromatic nitrogens is 1. The molecule has 29 heavy (non-hydrogen) atoms. The van der Waals surface area contributed by atoms with Crippen LogP contribution < -0.4 is 15.4 Å². The number of methoxy groups -OCH3 is 1. The Balaban J connectivity index is 1.81. The van der Waals surface area contributed by atoms with Crippen LogP contribution in [-0.4, -0.2) is 23.9 Å². The Kier molecular flexibility index (Phi) is 5.93. The third-order valence-corrected chi connectivity index (χ3v) is 4.58. The number of nitrogens with zero attached hydrogens (tertiary/aromatic N) is 1. The lowest BCUT2D eigenvalue weighted by molar-refractivity contribution is 0.102. The number of carbonyl (C=O) groups is 2. The van der Waals surface area contributed by atoms with Crippen molar-refractivity contribution in [3.63, 3.8) is 0 Å². The van der Waals surface area contributed by atoms with Gasteiger partial charge in [-0.15, -0.1) is 0 Å². The third kappa shape index (κ3) is 4.60. The summed E-state index contributed by atoms with van der Waals surface area (Å²) in [6.07, 6.45) is 1.45. The molecule has 0 atom stereocenters. The topological polar surface area (TPSA) is 80.3 Å². The van der Waals surface area contributed by atoms with Crippen LogP contribution in [0.5, 0.6) is 5.75 Å². The van der Waals surface area contributed by atoms with Crippen molar-refractivity contribution in [2.24, 2.45) is 0 Å². The molecule has 1 heterocycles. The van der Waals surface area contributed by atoms with Crippen LogP contribution >= 0.6 is 0 Å². The number of para-hydroxylation sites is 1. The number of hydrogen-bond donors (Lipinski definition) is 2. The van der Waals surface area contributed by atoms with Gasteiger partial charge in [0.25, 0.3) is 11.8 Å². The summed E-state index contributed by atoms with van der Waals surface area (Å²) < 4.78 is 5.30. The zero-order valence-corrected chi connectivity index (χ0v) is 16.9. The van der Waals surface area contributed by atoms with Gasteiger partial charge in [-0.25, -0.2) is 0 Å². The third-order valence-electron chi connectivity index (χ3n) is 4.58. The monoisotopic (exact) mass is 389 g/mol. The van der Waals surface area contributed by atoms with Crippen molar-refractivity contribution in [1.29, 1.82) is 0 Å². The van der Waals surface area contributed by atoms with Crippen LogP contribution in [0.3, 0.4) is 0 Å². The zero-order valence-electron chi connectivity index (χ0n) is 16.9. The van der Waals surface area contributed by atoms with Gasteiger partial charge in [0.05, 0.1) is 12.8 Å². The van der Waals surface area contributed by atoms with E-state index in [-0.39, 0.29) is 17.5 Å². The lowest BCUT2D eigenvalue weighted by atomic mass is 10.1. The van der Waals surface area contributed by atoms with Gasteiger partial charge < -0.3 is 15.4 Å². The molecule has 6 heteroatoms. The Morgan fingerprint density at radius 2 is 1.62 bits per heavy atom. The highest BCUT2D eigenvalue weighted by atomic mass is 16.5. The fraction of sp³-hybridized carbons (Fsp3) is 0.174. The Morgan fingerprint density at radius 3 is 2.31 bits per heavy atom. The summed E-state index contributed by atoms with van der Waals surface area (Å²) in [6, 6.07) is 14.3. The highest BCUT2D eigenvalue weighted by molar-refractivity contribution is 6.08. The van der Waals surface area contributed by atoms with Crippen LogP contribution in [0.1, 0.15) is 37.5 Å². The number of carbonyl (C=O) groups excluding carboxylic acids is 2. The second-order valence-electron chi connectivity index (χ2n) is 6.81. The highest BCUT2D eigenvalue weighted by Crippen LogP contribution is 2.26. The number of anilines is 2. The van der Waals surface area contributed by atoms with E-state index in [1.807, 2.05) is 51.1 Å². The molecule has 0 fully saturated rings. The van der Waals surface area contributed by atoms with Gasteiger partial charge in [0.15, 0.2) is 0 Å². The molecule has 2 amide bonds. The normalized spacial score (nSPS) is 10.3. The fourth-order valence-corrected chi connectivity index (χ4v) is 3.00. The molecule has 0 bridgehead atoms. The minimum absolute atomic E-state index is 0.163. The first kappa shape index (κ1) is 20.1. The van der Waals surface area contributed by atoms with Gasteiger partial charge in [-0.05, 0) is 61.7 Å². The summed E-state index contributed by atoms with van der Waals surface area (Å²) >= 11 is 0. The van der Waals surface area contributed by atoms with Crippen molar-refractivity contribution < 1.29 is 14.3 Å². The van der Waals surface area contributed by atoms with E-state index >= 15 is 0 Å². The van der Waals surface area contributed by atoms with Crippen LogP contribution in [0, 0.1) is 20.8 Å². The molecule has 0 radical (unpaired) electrons. The molecule has 6 nitrogen and oxygen atoms in total. The molecule has 1 aromatic heterocycles. The minimum Gasteiger partial charge on any atom is -0.495 e. The number of pyridine rings is 1. The Hall–Kier alpha value is -3.67. The maximum absolute atomic E-state index is 12.7. The molecule has 3 aromatic rings. The first-order valence-corrected chi connectivity index (χ1v) is 9.18. The van der Waals surface area contributed by atoms with E-state index in [9.17, 15) is 9.59 Å². The Labute approximate surface area is 169 Å². The van der Waals surface area contributed by atoms with E-state index in [0.717, 1.165) is 22.4 Å². The van der Waals surface area contributed by atoms with Crippen molar-refractivity contribution in [2.75, 3.05) is 17.7 Å². The van der Waals surface area contributed by atoms with Crippen molar-refractivity contribution in [3.05, 3.63) is 82.7 Å². The van der Waals surface area contributed by atoms with Crippen LogP contribution in [0.25, 0.3) is 0 Å². The number of nitrogens with one attached hydrogen (secondary N) is 2. The molecule has 0 spiro atoms. The van der Waals surface area contributed by atoms with Gasteiger partial charge in [-0.3, -0.25) is 14.6 Å².